The lowest BCUT2D eigenvalue weighted by molar-refractivity contribution is -0.149. The molecule has 0 heterocycles. The zero-order chi connectivity index (χ0) is 31.0. The quantitative estimate of drug-likeness (QED) is 0.208. The van der Waals surface area contributed by atoms with Crippen LogP contribution in [0, 0.1) is 28.6 Å². The molecule has 4 aromatic rings. The maximum absolute atomic E-state index is 12.6. The molecule has 1 aliphatic carbocycles. The number of rotatable bonds is 7. The molecule has 4 aromatic carbocycles. The summed E-state index contributed by atoms with van der Waals surface area (Å²) in [6.07, 6.45) is 0.163. The minimum Gasteiger partial charge on any atom is -0.457 e. The number of nitriles is 1. The number of nitrogens with one attached hydrogen (secondary N) is 1. The maximum atomic E-state index is 12.6. The monoisotopic (exact) mass is 616 g/mol. The van der Waals surface area contributed by atoms with Gasteiger partial charge in [0.2, 0.25) is 6.10 Å². The van der Waals surface area contributed by atoms with Crippen molar-refractivity contribution in [2.45, 2.75) is 20.0 Å². The van der Waals surface area contributed by atoms with E-state index in [1.54, 1.807) is 36.4 Å². The number of hydrogen-bond donors (Lipinski definition) is 1. The second-order valence-corrected chi connectivity index (χ2v) is 11.3. The summed E-state index contributed by atoms with van der Waals surface area (Å²) in [5.41, 5.74) is 0.231. The van der Waals surface area contributed by atoms with Gasteiger partial charge in [-0.05, 0) is 53.1 Å². The minimum absolute atomic E-state index is 0.114. The molecule has 0 aliphatic heterocycles. The summed E-state index contributed by atoms with van der Waals surface area (Å²) in [6.45, 7) is 3.87. The third kappa shape index (κ3) is 8.07. The first-order valence-corrected chi connectivity index (χ1v) is 14.2. The number of nitrogens with zero attached hydrogens (tertiary/aromatic N) is 1. The number of ether oxygens (including phenoxy) is 3. The Kier molecular flexibility index (Phi) is 10.3. The fourth-order valence-electron chi connectivity index (χ4n) is 4.73. The number of carbonyl (C=O) groups excluding carboxylic acids is 2. The smallest absolute Gasteiger partial charge is 0.412 e. The molecule has 5 rings (SSSR count). The third-order valence-corrected chi connectivity index (χ3v) is 7.37. The van der Waals surface area contributed by atoms with Crippen molar-refractivity contribution < 1.29 is 23.8 Å². The first-order chi connectivity index (χ1) is 20.6. The standard InChI is InChI=1S/C22H19Cl2NO3.C12H11NO2/c1-22(2)17(12-19(23)24)20(22)21(26)28-18(13-25)14-7-6-10-16(11-14)27-15-8-4-3-5-9-15;1-13-12(14)15-11-8-4-6-9-5-2-3-7-10(9)11/h3-12,17-18,20H,1-2H3;2-8H,1H3,(H,13,14)/t17-,18?,20-;/m0./s1. The van der Waals surface area contributed by atoms with Gasteiger partial charge in [0.15, 0.2) is 0 Å². The first kappa shape index (κ1) is 31.4. The van der Waals surface area contributed by atoms with Crippen molar-refractivity contribution in [3.63, 3.8) is 0 Å². The van der Waals surface area contributed by atoms with Gasteiger partial charge in [-0.3, -0.25) is 4.79 Å². The summed E-state index contributed by atoms with van der Waals surface area (Å²) in [5, 5.41) is 13.9. The summed E-state index contributed by atoms with van der Waals surface area (Å²) in [6, 6.07) is 31.7. The molecule has 0 spiro atoms. The van der Waals surface area contributed by atoms with Gasteiger partial charge in [0, 0.05) is 18.0 Å². The Morgan fingerprint density at radius 1 is 0.930 bits per heavy atom. The molecular weight excluding hydrogens is 587 g/mol. The molecule has 0 radical (unpaired) electrons. The number of amides is 1. The lowest BCUT2D eigenvalue weighted by atomic mass is 10.1. The van der Waals surface area contributed by atoms with Gasteiger partial charge in [0.1, 0.15) is 27.8 Å². The molecule has 1 N–H and O–H groups in total. The van der Waals surface area contributed by atoms with Crippen LogP contribution >= 0.6 is 23.2 Å². The van der Waals surface area contributed by atoms with Crippen LogP contribution in [0.25, 0.3) is 10.8 Å². The molecule has 43 heavy (non-hydrogen) atoms. The number of halogens is 2. The highest BCUT2D eigenvalue weighted by Crippen LogP contribution is 2.60. The van der Waals surface area contributed by atoms with Crippen LogP contribution in [0.15, 0.2) is 108 Å². The summed E-state index contributed by atoms with van der Waals surface area (Å²) >= 11 is 11.5. The Labute approximate surface area is 260 Å². The maximum Gasteiger partial charge on any atom is 0.412 e. The summed E-state index contributed by atoms with van der Waals surface area (Å²) in [7, 11) is 1.54. The molecule has 3 atom stereocenters. The van der Waals surface area contributed by atoms with E-state index < -0.39 is 18.2 Å². The van der Waals surface area contributed by atoms with Gasteiger partial charge < -0.3 is 19.5 Å². The fraction of sp³-hybridized carbons (Fsp3) is 0.206. The van der Waals surface area contributed by atoms with Crippen LogP contribution in [-0.4, -0.2) is 19.1 Å². The number of carbonyl (C=O) groups is 2. The zero-order valence-corrected chi connectivity index (χ0v) is 25.3. The summed E-state index contributed by atoms with van der Waals surface area (Å²) in [5.74, 6) is 0.866. The van der Waals surface area contributed by atoms with Gasteiger partial charge in [0.05, 0.1) is 5.92 Å². The summed E-state index contributed by atoms with van der Waals surface area (Å²) in [4.78, 5) is 23.7. The van der Waals surface area contributed by atoms with E-state index in [-0.39, 0.29) is 21.7 Å². The molecule has 7 nitrogen and oxygen atoms in total. The van der Waals surface area contributed by atoms with E-state index >= 15 is 0 Å². The molecule has 9 heteroatoms. The Morgan fingerprint density at radius 2 is 1.58 bits per heavy atom. The number of allylic oxidation sites excluding steroid dienone is 1. The molecule has 1 fully saturated rings. The molecule has 1 saturated carbocycles. The molecule has 0 bridgehead atoms. The average Bonchev–Trinajstić information content (AvgIpc) is 3.55. The molecule has 220 valence electrons. The van der Waals surface area contributed by atoms with E-state index in [4.69, 9.17) is 37.4 Å². The number of esters is 1. The average molecular weight is 618 g/mol. The van der Waals surface area contributed by atoms with E-state index in [1.165, 1.54) is 7.05 Å². The Morgan fingerprint density at radius 3 is 2.28 bits per heavy atom. The van der Waals surface area contributed by atoms with Crippen LogP contribution < -0.4 is 14.8 Å². The highest BCUT2D eigenvalue weighted by atomic mass is 35.5. The molecule has 1 aliphatic rings. The van der Waals surface area contributed by atoms with Gasteiger partial charge in [-0.1, -0.05) is 104 Å². The van der Waals surface area contributed by atoms with Gasteiger partial charge >= 0.3 is 12.1 Å². The van der Waals surface area contributed by atoms with Crippen LogP contribution in [0.3, 0.4) is 0 Å². The number of para-hydroxylation sites is 1. The van der Waals surface area contributed by atoms with Crippen LogP contribution in [-0.2, 0) is 9.53 Å². The van der Waals surface area contributed by atoms with Crippen LogP contribution in [0.1, 0.15) is 25.5 Å². The van der Waals surface area contributed by atoms with Crippen molar-refractivity contribution in [2.24, 2.45) is 17.3 Å². The Bertz CT molecular complexity index is 1660. The van der Waals surface area contributed by atoms with Crippen molar-refractivity contribution in [3.05, 3.63) is 113 Å². The predicted molar refractivity (Wildman–Crippen MR) is 167 cm³/mol. The van der Waals surface area contributed by atoms with E-state index in [1.807, 2.05) is 86.6 Å². The van der Waals surface area contributed by atoms with Crippen LogP contribution in [0.5, 0.6) is 17.2 Å². The van der Waals surface area contributed by atoms with E-state index in [9.17, 15) is 14.9 Å². The van der Waals surface area contributed by atoms with Crippen molar-refractivity contribution >= 4 is 46.0 Å². The SMILES string of the molecule is CC1(C)[C@H](C(=O)OC(C#N)c2cccc(Oc3ccccc3)c2)[C@@H]1C=C(Cl)Cl.CNC(=O)Oc1cccc2ccccc12. The van der Waals surface area contributed by atoms with Gasteiger partial charge in [-0.2, -0.15) is 5.26 Å². The molecule has 1 unspecified atom stereocenters. The minimum atomic E-state index is -1.03. The van der Waals surface area contributed by atoms with E-state index in [0.717, 1.165) is 10.8 Å². The second-order valence-electron chi connectivity index (χ2n) is 10.3. The summed E-state index contributed by atoms with van der Waals surface area (Å²) < 4.78 is 16.5. The highest BCUT2D eigenvalue weighted by molar-refractivity contribution is 6.55. The normalized spacial score (nSPS) is 16.7. The van der Waals surface area contributed by atoms with Crippen molar-refractivity contribution in [1.29, 1.82) is 5.26 Å². The molecule has 0 aromatic heterocycles. The lowest BCUT2D eigenvalue weighted by Gasteiger charge is -2.13. The van der Waals surface area contributed by atoms with E-state index in [2.05, 4.69) is 5.32 Å². The molecule has 0 saturated heterocycles. The largest absolute Gasteiger partial charge is 0.457 e. The fourth-order valence-corrected chi connectivity index (χ4v) is 5.01. The molecule has 1 amide bonds. The Hall–Kier alpha value is -4.51. The number of fused-ring (bicyclic) bond motifs is 1. The predicted octanol–water partition coefficient (Wildman–Crippen LogP) is 8.74. The topological polar surface area (TPSA) is 97.7 Å². The van der Waals surface area contributed by atoms with Crippen LogP contribution in [0.4, 0.5) is 4.79 Å². The molecular formula is C34H30Cl2N2O5. The lowest BCUT2D eigenvalue weighted by Crippen LogP contribution is -2.22. The van der Waals surface area contributed by atoms with Crippen molar-refractivity contribution in [2.75, 3.05) is 7.05 Å². The van der Waals surface area contributed by atoms with Gasteiger partial charge in [-0.25, -0.2) is 4.79 Å². The second kappa shape index (κ2) is 14.1. The number of hydrogen-bond acceptors (Lipinski definition) is 6. The Balaban J connectivity index is 0.000000237. The zero-order valence-electron chi connectivity index (χ0n) is 23.8. The highest BCUT2D eigenvalue weighted by Gasteiger charge is 2.62. The third-order valence-electron chi connectivity index (χ3n) is 7.12. The van der Waals surface area contributed by atoms with E-state index in [0.29, 0.717) is 22.8 Å². The van der Waals surface area contributed by atoms with Crippen molar-refractivity contribution in [1.82, 2.24) is 5.32 Å². The number of benzene rings is 4. The van der Waals surface area contributed by atoms with Crippen molar-refractivity contribution in [3.8, 4) is 23.3 Å². The van der Waals surface area contributed by atoms with Crippen LogP contribution in [0.2, 0.25) is 0 Å². The van der Waals surface area contributed by atoms with Gasteiger partial charge in [-0.15, -0.1) is 0 Å². The van der Waals surface area contributed by atoms with Gasteiger partial charge in [0.25, 0.3) is 0 Å². The first-order valence-electron chi connectivity index (χ1n) is 13.5.